The van der Waals surface area contributed by atoms with E-state index in [2.05, 4.69) is 24.3 Å². The summed E-state index contributed by atoms with van der Waals surface area (Å²) in [7, 11) is 0. The lowest BCUT2D eigenvalue weighted by atomic mass is 9.68. The van der Waals surface area contributed by atoms with E-state index in [1.165, 1.54) is 18.4 Å². The Morgan fingerprint density at radius 2 is 1.58 bits per heavy atom. The molecule has 2 aliphatic rings. The van der Waals surface area contributed by atoms with Gasteiger partial charge in [-0.2, -0.15) is 0 Å². The summed E-state index contributed by atoms with van der Waals surface area (Å²) in [5.74, 6) is -1.76. The van der Waals surface area contributed by atoms with E-state index in [4.69, 9.17) is 5.73 Å². The molecule has 0 amide bonds. The zero-order valence-electron chi connectivity index (χ0n) is 11.2. The van der Waals surface area contributed by atoms with Gasteiger partial charge >= 0.3 is 0 Å². The summed E-state index contributed by atoms with van der Waals surface area (Å²) in [6.45, 7) is 0.464. The van der Waals surface area contributed by atoms with Crippen molar-refractivity contribution >= 4 is 0 Å². The summed E-state index contributed by atoms with van der Waals surface area (Å²) in [5.41, 5.74) is 8.23. The van der Waals surface area contributed by atoms with Crippen LogP contribution in [0.2, 0.25) is 0 Å². The molecule has 0 aromatic heterocycles. The molecule has 0 unspecified atom stereocenters. The third-order valence-corrected chi connectivity index (χ3v) is 4.90. The zero-order valence-corrected chi connectivity index (χ0v) is 11.2. The molecule has 0 saturated heterocycles. The van der Waals surface area contributed by atoms with Crippen LogP contribution in [0.15, 0.2) is 24.3 Å². The Labute approximate surface area is 113 Å². The van der Waals surface area contributed by atoms with E-state index in [1.54, 1.807) is 0 Å². The summed E-state index contributed by atoms with van der Waals surface area (Å²) >= 11 is 0. The van der Waals surface area contributed by atoms with Gasteiger partial charge in [0, 0.05) is 24.8 Å². The molecule has 2 saturated carbocycles. The normalized spacial score (nSPS) is 25.2. The van der Waals surface area contributed by atoms with Crippen LogP contribution in [0.1, 0.15) is 55.6 Å². The molecule has 0 radical (unpaired) electrons. The van der Waals surface area contributed by atoms with Gasteiger partial charge in [-0.25, -0.2) is 8.78 Å². The molecule has 1 nitrogen and oxygen atoms in total. The third kappa shape index (κ3) is 2.53. The second-order valence-corrected chi connectivity index (χ2v) is 6.24. The molecule has 1 aromatic carbocycles. The Kier molecular flexibility index (Phi) is 3.12. The van der Waals surface area contributed by atoms with Crippen LogP contribution >= 0.6 is 0 Å². The van der Waals surface area contributed by atoms with E-state index in [0.717, 1.165) is 11.5 Å². The second kappa shape index (κ2) is 4.55. The lowest BCUT2D eigenvalue weighted by Gasteiger charge is -2.40. The van der Waals surface area contributed by atoms with Crippen molar-refractivity contribution in [1.29, 1.82) is 0 Å². The average Bonchev–Trinajstić information content (AvgIpc) is 3.24. The predicted molar refractivity (Wildman–Crippen MR) is 72.6 cm³/mol. The van der Waals surface area contributed by atoms with Gasteiger partial charge in [0.05, 0.1) is 0 Å². The van der Waals surface area contributed by atoms with Crippen molar-refractivity contribution in [2.45, 2.75) is 55.8 Å². The van der Waals surface area contributed by atoms with E-state index in [-0.39, 0.29) is 18.3 Å². The van der Waals surface area contributed by atoms with E-state index in [1.807, 2.05) is 0 Å². The lowest BCUT2D eigenvalue weighted by Crippen LogP contribution is -2.42. The fourth-order valence-electron chi connectivity index (χ4n) is 3.23. The third-order valence-electron chi connectivity index (χ3n) is 4.90. The van der Waals surface area contributed by atoms with Crippen molar-refractivity contribution < 1.29 is 8.78 Å². The molecule has 2 aliphatic carbocycles. The van der Waals surface area contributed by atoms with Gasteiger partial charge in [0.2, 0.25) is 5.92 Å². The maximum absolute atomic E-state index is 13.3. The Morgan fingerprint density at radius 3 is 2.05 bits per heavy atom. The largest absolute Gasteiger partial charge is 0.330 e. The SMILES string of the molecule is NCC1(c2ccc(C3CC3)cc2)CCC(F)(F)CC1. The number of hydrogen-bond acceptors (Lipinski definition) is 1. The van der Waals surface area contributed by atoms with E-state index in [0.29, 0.717) is 19.4 Å². The minimum Gasteiger partial charge on any atom is -0.330 e. The van der Waals surface area contributed by atoms with Gasteiger partial charge in [0.25, 0.3) is 0 Å². The summed E-state index contributed by atoms with van der Waals surface area (Å²) in [4.78, 5) is 0. The molecule has 19 heavy (non-hydrogen) atoms. The van der Waals surface area contributed by atoms with Gasteiger partial charge in [-0.15, -0.1) is 0 Å². The van der Waals surface area contributed by atoms with Crippen LogP contribution in [0.3, 0.4) is 0 Å². The minimum atomic E-state index is -2.49. The number of alkyl halides is 2. The molecule has 0 atom stereocenters. The van der Waals surface area contributed by atoms with E-state index < -0.39 is 5.92 Å². The van der Waals surface area contributed by atoms with Crippen molar-refractivity contribution in [2.75, 3.05) is 6.54 Å². The fourth-order valence-corrected chi connectivity index (χ4v) is 3.23. The Balaban J connectivity index is 1.81. The van der Waals surface area contributed by atoms with Crippen LogP contribution in [0, 0.1) is 0 Å². The van der Waals surface area contributed by atoms with Crippen LogP contribution in [0.4, 0.5) is 8.78 Å². The molecule has 2 N–H and O–H groups in total. The van der Waals surface area contributed by atoms with Gasteiger partial charge < -0.3 is 5.73 Å². The number of nitrogens with two attached hydrogens (primary N) is 1. The first-order valence-electron chi connectivity index (χ1n) is 7.23. The Bertz CT molecular complexity index is 438. The zero-order chi connectivity index (χ0) is 13.5. The molecular formula is C16H21F2N. The monoisotopic (exact) mass is 265 g/mol. The second-order valence-electron chi connectivity index (χ2n) is 6.24. The summed E-state index contributed by atoms with van der Waals surface area (Å²) in [5, 5.41) is 0. The molecule has 0 aliphatic heterocycles. The minimum absolute atomic E-state index is 0.0332. The number of halogens is 2. The highest BCUT2D eigenvalue weighted by Gasteiger charge is 2.43. The molecule has 3 rings (SSSR count). The summed E-state index contributed by atoms with van der Waals surface area (Å²) in [6, 6.07) is 8.56. The number of benzene rings is 1. The first kappa shape index (κ1) is 13.0. The Morgan fingerprint density at radius 1 is 1.00 bits per heavy atom. The first-order valence-corrected chi connectivity index (χ1v) is 7.23. The molecular weight excluding hydrogens is 244 g/mol. The maximum Gasteiger partial charge on any atom is 0.248 e. The molecule has 104 valence electrons. The average molecular weight is 265 g/mol. The summed E-state index contributed by atoms with van der Waals surface area (Å²) < 4.78 is 26.7. The van der Waals surface area contributed by atoms with Crippen molar-refractivity contribution in [3.05, 3.63) is 35.4 Å². The van der Waals surface area contributed by atoms with Gasteiger partial charge in [-0.3, -0.25) is 0 Å². The maximum atomic E-state index is 13.3. The Hall–Kier alpha value is -0.960. The van der Waals surface area contributed by atoms with E-state index >= 15 is 0 Å². The predicted octanol–water partition coefficient (Wildman–Crippen LogP) is 3.97. The number of rotatable bonds is 3. The topological polar surface area (TPSA) is 26.0 Å². The van der Waals surface area contributed by atoms with Gasteiger partial charge in [-0.05, 0) is 42.7 Å². The van der Waals surface area contributed by atoms with Crippen LogP contribution in [0.25, 0.3) is 0 Å². The highest BCUT2D eigenvalue weighted by atomic mass is 19.3. The fraction of sp³-hybridized carbons (Fsp3) is 0.625. The van der Waals surface area contributed by atoms with Gasteiger partial charge in [0.15, 0.2) is 0 Å². The van der Waals surface area contributed by atoms with Crippen LogP contribution in [0.5, 0.6) is 0 Å². The molecule has 0 spiro atoms. The van der Waals surface area contributed by atoms with E-state index in [9.17, 15) is 8.78 Å². The first-order chi connectivity index (χ1) is 9.05. The summed E-state index contributed by atoms with van der Waals surface area (Å²) in [6.07, 6.45) is 3.50. The quantitative estimate of drug-likeness (QED) is 0.879. The van der Waals surface area contributed by atoms with Crippen LogP contribution < -0.4 is 5.73 Å². The molecule has 1 aromatic rings. The molecule has 0 heterocycles. The molecule has 0 bridgehead atoms. The van der Waals surface area contributed by atoms with Crippen LogP contribution in [-0.4, -0.2) is 12.5 Å². The van der Waals surface area contributed by atoms with Crippen molar-refractivity contribution in [3.8, 4) is 0 Å². The van der Waals surface area contributed by atoms with Crippen molar-refractivity contribution in [3.63, 3.8) is 0 Å². The highest BCUT2D eigenvalue weighted by molar-refractivity contribution is 5.33. The molecule has 3 heteroatoms. The van der Waals surface area contributed by atoms with Crippen molar-refractivity contribution in [1.82, 2.24) is 0 Å². The molecule has 2 fully saturated rings. The van der Waals surface area contributed by atoms with Gasteiger partial charge in [0.1, 0.15) is 0 Å². The number of hydrogen-bond donors (Lipinski definition) is 1. The highest BCUT2D eigenvalue weighted by Crippen LogP contribution is 2.46. The van der Waals surface area contributed by atoms with Crippen LogP contribution in [-0.2, 0) is 5.41 Å². The van der Waals surface area contributed by atoms with Gasteiger partial charge in [-0.1, -0.05) is 24.3 Å². The lowest BCUT2D eigenvalue weighted by molar-refractivity contribution is -0.0509. The van der Waals surface area contributed by atoms with Crippen molar-refractivity contribution in [2.24, 2.45) is 5.73 Å². The smallest absolute Gasteiger partial charge is 0.248 e. The standard InChI is InChI=1S/C16H21F2N/c17-16(18)9-7-15(11-19,8-10-16)14-5-3-13(4-6-14)12-1-2-12/h3-6,12H,1-2,7-11,19H2.